The normalized spacial score (nSPS) is 11.3. The van der Waals surface area contributed by atoms with Crippen LogP contribution < -0.4 is 5.73 Å². The van der Waals surface area contributed by atoms with Gasteiger partial charge in [0.15, 0.2) is 0 Å². The molecule has 0 saturated heterocycles. The molecule has 1 amide bonds. The molecule has 0 fully saturated rings. The minimum absolute atomic E-state index is 0.225. The number of amides is 1. The van der Waals surface area contributed by atoms with Crippen LogP contribution in [0.15, 0.2) is 12.1 Å². The first-order valence-electron chi connectivity index (χ1n) is 4.00. The van der Waals surface area contributed by atoms with Crippen LogP contribution >= 0.6 is 0 Å². The summed E-state index contributed by atoms with van der Waals surface area (Å²) < 4.78 is 50.3. The van der Waals surface area contributed by atoms with E-state index in [2.05, 4.69) is 5.73 Å². The number of nitro groups is 1. The summed E-state index contributed by atoms with van der Waals surface area (Å²) in [6, 6.07) is 0.482. The van der Waals surface area contributed by atoms with Gasteiger partial charge in [-0.05, 0) is 12.1 Å². The van der Waals surface area contributed by atoms with Gasteiger partial charge in [-0.3, -0.25) is 14.9 Å². The number of nitrogens with two attached hydrogens (primary N) is 1. The van der Waals surface area contributed by atoms with Gasteiger partial charge in [0.2, 0.25) is 5.82 Å². The van der Waals surface area contributed by atoms with E-state index < -0.39 is 39.6 Å². The molecule has 0 aromatic heterocycles. The van der Waals surface area contributed by atoms with E-state index in [9.17, 15) is 32.5 Å². The van der Waals surface area contributed by atoms with Gasteiger partial charge in [-0.25, -0.2) is 0 Å². The van der Waals surface area contributed by atoms with E-state index in [-0.39, 0.29) is 12.1 Å². The average molecular weight is 252 g/mol. The number of benzene rings is 1. The van der Waals surface area contributed by atoms with Crippen molar-refractivity contribution in [3.8, 4) is 0 Å². The average Bonchev–Trinajstić information content (AvgIpc) is 2.14. The second-order valence-corrected chi connectivity index (χ2v) is 2.94. The Morgan fingerprint density at radius 2 is 1.88 bits per heavy atom. The van der Waals surface area contributed by atoms with Crippen molar-refractivity contribution < 1.29 is 27.3 Å². The van der Waals surface area contributed by atoms with E-state index in [0.29, 0.717) is 0 Å². The number of halogens is 4. The predicted octanol–water partition coefficient (Wildman–Crippen LogP) is 1.85. The first kappa shape index (κ1) is 12.9. The second-order valence-electron chi connectivity index (χ2n) is 2.94. The fourth-order valence-electron chi connectivity index (χ4n) is 1.23. The van der Waals surface area contributed by atoms with Crippen LogP contribution in [0.2, 0.25) is 0 Å². The smallest absolute Gasteiger partial charge is 0.365 e. The molecule has 92 valence electrons. The van der Waals surface area contributed by atoms with Crippen molar-refractivity contribution in [3.63, 3.8) is 0 Å². The molecule has 0 radical (unpaired) electrons. The van der Waals surface area contributed by atoms with Crippen LogP contribution in [0.3, 0.4) is 0 Å². The molecule has 5 nitrogen and oxygen atoms in total. The van der Waals surface area contributed by atoms with Gasteiger partial charge in [0.05, 0.1) is 10.5 Å². The Kier molecular flexibility index (Phi) is 3.03. The molecular weight excluding hydrogens is 248 g/mol. The Morgan fingerprint density at radius 3 is 2.24 bits per heavy atom. The molecule has 0 aliphatic carbocycles. The quantitative estimate of drug-likeness (QED) is 0.495. The SMILES string of the molecule is NC(=O)c1c(C(F)(F)F)ccc(F)c1[N+](=O)[O-]. The lowest BCUT2D eigenvalue weighted by Crippen LogP contribution is -2.21. The van der Waals surface area contributed by atoms with Crippen LogP contribution in [0.1, 0.15) is 15.9 Å². The van der Waals surface area contributed by atoms with Gasteiger partial charge in [-0.15, -0.1) is 0 Å². The molecule has 0 atom stereocenters. The number of hydrogen-bond donors (Lipinski definition) is 1. The van der Waals surface area contributed by atoms with Crippen LogP contribution in [0.4, 0.5) is 23.2 Å². The summed E-state index contributed by atoms with van der Waals surface area (Å²) in [5.74, 6) is -3.28. The van der Waals surface area contributed by atoms with Crippen LogP contribution in [0, 0.1) is 15.9 Å². The summed E-state index contributed by atoms with van der Waals surface area (Å²) in [6.07, 6.45) is -5.04. The topological polar surface area (TPSA) is 86.2 Å². The standard InChI is InChI=1S/C8H4F4N2O3/c9-4-2-1-3(8(10,11)12)5(7(13)15)6(4)14(16)17/h1-2H,(H2,13,15). The molecule has 0 bridgehead atoms. The molecule has 17 heavy (non-hydrogen) atoms. The van der Waals surface area contributed by atoms with E-state index in [0.717, 1.165) is 0 Å². The number of nitrogens with zero attached hydrogens (tertiary/aromatic N) is 1. The molecule has 1 aromatic rings. The maximum absolute atomic E-state index is 13.0. The second kappa shape index (κ2) is 4.00. The summed E-state index contributed by atoms with van der Waals surface area (Å²) in [7, 11) is 0. The third-order valence-corrected chi connectivity index (χ3v) is 1.86. The molecule has 2 N–H and O–H groups in total. The largest absolute Gasteiger partial charge is 0.417 e. The fraction of sp³-hybridized carbons (Fsp3) is 0.125. The van der Waals surface area contributed by atoms with Gasteiger partial charge >= 0.3 is 11.9 Å². The van der Waals surface area contributed by atoms with Crippen molar-refractivity contribution in [2.75, 3.05) is 0 Å². The van der Waals surface area contributed by atoms with Gasteiger partial charge in [0, 0.05) is 0 Å². The lowest BCUT2D eigenvalue weighted by Gasteiger charge is -2.10. The molecule has 0 aliphatic rings. The lowest BCUT2D eigenvalue weighted by molar-refractivity contribution is -0.388. The number of nitro benzene ring substituents is 1. The maximum atomic E-state index is 13.0. The highest BCUT2D eigenvalue weighted by molar-refractivity contribution is 5.98. The molecule has 0 heterocycles. The number of carbonyl (C=O) groups is 1. The monoisotopic (exact) mass is 252 g/mol. The highest BCUT2D eigenvalue weighted by Gasteiger charge is 2.40. The van der Waals surface area contributed by atoms with E-state index in [1.165, 1.54) is 0 Å². The molecule has 0 aliphatic heterocycles. The summed E-state index contributed by atoms with van der Waals surface area (Å²) in [4.78, 5) is 19.8. The fourth-order valence-corrected chi connectivity index (χ4v) is 1.23. The number of rotatable bonds is 2. The lowest BCUT2D eigenvalue weighted by atomic mass is 10.0. The first-order valence-corrected chi connectivity index (χ1v) is 4.00. The van der Waals surface area contributed by atoms with E-state index in [1.54, 1.807) is 0 Å². The molecule has 0 unspecified atom stereocenters. The Balaban J connectivity index is 3.72. The number of hydrogen-bond acceptors (Lipinski definition) is 3. The summed E-state index contributed by atoms with van der Waals surface area (Å²) in [6.45, 7) is 0. The van der Waals surface area contributed by atoms with Crippen molar-refractivity contribution in [3.05, 3.63) is 39.2 Å². The molecular formula is C8H4F4N2O3. The Morgan fingerprint density at radius 1 is 1.35 bits per heavy atom. The Bertz CT molecular complexity index is 498. The van der Waals surface area contributed by atoms with Gasteiger partial charge in [-0.2, -0.15) is 17.6 Å². The summed E-state index contributed by atoms with van der Waals surface area (Å²) in [5, 5.41) is 10.4. The van der Waals surface area contributed by atoms with Crippen LogP contribution in [0.5, 0.6) is 0 Å². The van der Waals surface area contributed by atoms with E-state index in [4.69, 9.17) is 0 Å². The van der Waals surface area contributed by atoms with Crippen molar-refractivity contribution in [2.24, 2.45) is 5.73 Å². The van der Waals surface area contributed by atoms with Gasteiger partial charge in [0.1, 0.15) is 5.56 Å². The molecule has 0 saturated carbocycles. The highest BCUT2D eigenvalue weighted by Crippen LogP contribution is 2.36. The predicted molar refractivity (Wildman–Crippen MR) is 46.6 cm³/mol. The van der Waals surface area contributed by atoms with Crippen LogP contribution in [-0.4, -0.2) is 10.8 Å². The van der Waals surface area contributed by atoms with E-state index >= 15 is 0 Å². The number of alkyl halides is 3. The number of carbonyl (C=O) groups excluding carboxylic acids is 1. The first-order chi connectivity index (χ1) is 7.66. The minimum Gasteiger partial charge on any atom is -0.365 e. The third kappa shape index (κ3) is 2.32. The third-order valence-electron chi connectivity index (χ3n) is 1.86. The zero-order chi connectivity index (χ0) is 13.4. The molecule has 1 aromatic carbocycles. The maximum Gasteiger partial charge on any atom is 0.417 e. The molecule has 1 rings (SSSR count). The molecule has 0 spiro atoms. The number of primary amides is 1. The van der Waals surface area contributed by atoms with Crippen molar-refractivity contribution in [1.29, 1.82) is 0 Å². The highest BCUT2D eigenvalue weighted by atomic mass is 19.4. The van der Waals surface area contributed by atoms with Gasteiger partial charge in [0.25, 0.3) is 5.91 Å². The zero-order valence-corrected chi connectivity index (χ0v) is 7.92. The van der Waals surface area contributed by atoms with Crippen molar-refractivity contribution >= 4 is 11.6 Å². The van der Waals surface area contributed by atoms with Crippen LogP contribution in [-0.2, 0) is 6.18 Å². The van der Waals surface area contributed by atoms with Gasteiger partial charge in [-0.1, -0.05) is 0 Å². The Labute approximate surface area is 91.0 Å². The van der Waals surface area contributed by atoms with Crippen molar-refractivity contribution in [2.45, 2.75) is 6.18 Å². The van der Waals surface area contributed by atoms with Crippen molar-refractivity contribution in [1.82, 2.24) is 0 Å². The summed E-state index contributed by atoms with van der Waals surface area (Å²) >= 11 is 0. The summed E-state index contributed by atoms with van der Waals surface area (Å²) in [5.41, 5.74) is -0.0923. The zero-order valence-electron chi connectivity index (χ0n) is 7.92. The van der Waals surface area contributed by atoms with Gasteiger partial charge < -0.3 is 5.73 Å². The van der Waals surface area contributed by atoms with E-state index in [1.807, 2.05) is 0 Å². The minimum atomic E-state index is -5.04. The van der Waals surface area contributed by atoms with Crippen LogP contribution in [0.25, 0.3) is 0 Å². The molecule has 9 heteroatoms. The Hall–Kier alpha value is -2.19.